The van der Waals surface area contributed by atoms with Crippen molar-refractivity contribution in [1.29, 1.82) is 0 Å². The first-order valence-electron chi connectivity index (χ1n) is 10.1. The average Bonchev–Trinajstić information content (AvgIpc) is 2.71. The molecule has 0 aliphatic carbocycles. The van der Waals surface area contributed by atoms with Crippen LogP contribution in [0.15, 0.2) is 30.3 Å². The highest BCUT2D eigenvalue weighted by atomic mass is 19.2. The summed E-state index contributed by atoms with van der Waals surface area (Å²) in [5.41, 5.74) is 3.99. The van der Waals surface area contributed by atoms with E-state index in [9.17, 15) is 13.9 Å². The number of aliphatic hydroxyl groups excluding tert-OH is 1. The first-order chi connectivity index (χ1) is 13.9. The van der Waals surface area contributed by atoms with E-state index in [0.717, 1.165) is 37.0 Å². The van der Waals surface area contributed by atoms with E-state index in [2.05, 4.69) is 29.7 Å². The number of hydrogen-bond acceptors (Lipinski definition) is 4. The van der Waals surface area contributed by atoms with Gasteiger partial charge in [-0.1, -0.05) is 18.2 Å². The van der Waals surface area contributed by atoms with Gasteiger partial charge >= 0.3 is 0 Å². The molecule has 0 saturated carbocycles. The molecule has 0 spiro atoms. The van der Waals surface area contributed by atoms with Gasteiger partial charge in [0.25, 0.3) is 0 Å². The molecule has 0 aromatic heterocycles. The lowest BCUT2D eigenvalue weighted by atomic mass is 10.00. The number of methoxy groups -OCH3 is 1. The zero-order valence-corrected chi connectivity index (χ0v) is 17.4. The van der Waals surface area contributed by atoms with Crippen molar-refractivity contribution >= 4 is 0 Å². The fraction of sp³-hybridized carbons (Fsp3) is 0.478. The van der Waals surface area contributed by atoms with Crippen LogP contribution in [0.1, 0.15) is 28.7 Å². The number of aliphatic hydroxyl groups is 1. The molecule has 1 aliphatic heterocycles. The van der Waals surface area contributed by atoms with Crippen LogP contribution in [0.3, 0.4) is 0 Å². The highest BCUT2D eigenvalue weighted by Crippen LogP contribution is 2.27. The summed E-state index contributed by atoms with van der Waals surface area (Å²) in [6.07, 6.45) is 0.649. The van der Waals surface area contributed by atoms with Gasteiger partial charge in [0.1, 0.15) is 5.75 Å². The summed E-state index contributed by atoms with van der Waals surface area (Å²) in [5.74, 6) is -0.684. The van der Waals surface area contributed by atoms with Gasteiger partial charge in [-0.25, -0.2) is 8.78 Å². The molecule has 4 nitrogen and oxygen atoms in total. The van der Waals surface area contributed by atoms with E-state index in [1.165, 1.54) is 11.1 Å². The molecule has 1 aliphatic rings. The fourth-order valence-corrected chi connectivity index (χ4v) is 4.11. The van der Waals surface area contributed by atoms with Gasteiger partial charge < -0.3 is 9.84 Å². The Morgan fingerprint density at radius 1 is 1.03 bits per heavy atom. The van der Waals surface area contributed by atoms with Gasteiger partial charge in [-0.3, -0.25) is 9.80 Å². The number of piperazine rings is 1. The summed E-state index contributed by atoms with van der Waals surface area (Å²) in [5, 5.41) is 9.55. The Morgan fingerprint density at radius 2 is 1.83 bits per heavy atom. The lowest BCUT2D eigenvalue weighted by Gasteiger charge is -2.41. The Bertz CT molecular complexity index is 844. The summed E-state index contributed by atoms with van der Waals surface area (Å²) in [7, 11) is 1.68. The molecule has 2 aromatic rings. The molecule has 1 fully saturated rings. The average molecular weight is 405 g/mol. The van der Waals surface area contributed by atoms with E-state index >= 15 is 0 Å². The van der Waals surface area contributed by atoms with Crippen LogP contribution in [0.2, 0.25) is 0 Å². The highest BCUT2D eigenvalue weighted by Gasteiger charge is 2.28. The molecule has 1 heterocycles. The Morgan fingerprint density at radius 3 is 2.55 bits per heavy atom. The summed E-state index contributed by atoms with van der Waals surface area (Å²) in [6, 6.07) is 8.59. The van der Waals surface area contributed by atoms with Crippen LogP contribution < -0.4 is 4.74 Å². The molecule has 29 heavy (non-hydrogen) atoms. The molecule has 0 bridgehead atoms. The van der Waals surface area contributed by atoms with Gasteiger partial charge in [0.2, 0.25) is 0 Å². The van der Waals surface area contributed by atoms with Gasteiger partial charge in [-0.05, 0) is 49.1 Å². The largest absolute Gasteiger partial charge is 0.496 e. The van der Waals surface area contributed by atoms with Crippen LogP contribution >= 0.6 is 0 Å². The molecular formula is C23H30F2N2O2. The smallest absolute Gasteiger partial charge is 0.163 e. The number of nitrogens with zero attached hydrogens (tertiary/aromatic N) is 2. The maximum Gasteiger partial charge on any atom is 0.163 e. The quantitative estimate of drug-likeness (QED) is 0.764. The predicted octanol–water partition coefficient (Wildman–Crippen LogP) is 3.66. The normalized spacial score (nSPS) is 18.2. The third-order valence-electron chi connectivity index (χ3n) is 6.02. The third kappa shape index (κ3) is 4.94. The van der Waals surface area contributed by atoms with Gasteiger partial charge in [-0.15, -0.1) is 0 Å². The van der Waals surface area contributed by atoms with Crippen molar-refractivity contribution in [3.8, 4) is 5.75 Å². The van der Waals surface area contributed by atoms with Gasteiger partial charge in [0, 0.05) is 50.9 Å². The van der Waals surface area contributed by atoms with Crippen molar-refractivity contribution in [2.45, 2.75) is 39.4 Å². The molecule has 6 heteroatoms. The molecule has 1 unspecified atom stereocenters. The van der Waals surface area contributed by atoms with Crippen molar-refractivity contribution in [3.05, 3.63) is 64.2 Å². The van der Waals surface area contributed by atoms with E-state index in [0.29, 0.717) is 25.1 Å². The zero-order valence-electron chi connectivity index (χ0n) is 17.4. The van der Waals surface area contributed by atoms with Crippen LogP contribution in [0.25, 0.3) is 0 Å². The lowest BCUT2D eigenvalue weighted by molar-refractivity contribution is 0.0492. The monoisotopic (exact) mass is 404 g/mol. The molecular weight excluding hydrogens is 374 g/mol. The topological polar surface area (TPSA) is 35.9 Å². The van der Waals surface area contributed by atoms with Crippen molar-refractivity contribution < 1.29 is 18.6 Å². The minimum Gasteiger partial charge on any atom is -0.496 e. The maximum atomic E-state index is 14.0. The molecule has 2 aromatic carbocycles. The number of benzene rings is 2. The second kappa shape index (κ2) is 9.65. The lowest BCUT2D eigenvalue weighted by Crippen LogP contribution is -2.52. The highest BCUT2D eigenvalue weighted by molar-refractivity contribution is 5.43. The second-order valence-electron chi connectivity index (χ2n) is 7.76. The van der Waals surface area contributed by atoms with Gasteiger partial charge in [0.05, 0.1) is 7.11 Å². The standard InChI is InChI=1S/C23H30F2N2O2/c1-16-17(2)22(29-3)8-7-18(16)14-27-11-10-26(15-20(27)9-12-28)13-19-5-4-6-21(24)23(19)25/h4-8,20,28H,9-15H2,1-3H3. The Balaban J connectivity index is 1.71. The number of rotatable bonds is 7. The molecule has 1 atom stereocenters. The summed E-state index contributed by atoms with van der Waals surface area (Å²) >= 11 is 0. The number of hydrogen-bond donors (Lipinski definition) is 1. The fourth-order valence-electron chi connectivity index (χ4n) is 4.11. The summed E-state index contributed by atoms with van der Waals surface area (Å²) in [6.45, 7) is 7.74. The van der Waals surface area contributed by atoms with Gasteiger partial charge in [0.15, 0.2) is 11.6 Å². The molecule has 158 valence electrons. The first kappa shape index (κ1) is 21.7. The van der Waals surface area contributed by atoms with Crippen LogP contribution in [-0.4, -0.2) is 54.3 Å². The molecule has 0 radical (unpaired) electrons. The Labute approximate surface area is 171 Å². The van der Waals surface area contributed by atoms with E-state index in [4.69, 9.17) is 4.74 Å². The molecule has 0 amide bonds. The summed E-state index contributed by atoms with van der Waals surface area (Å²) < 4.78 is 33.0. The van der Waals surface area contributed by atoms with Crippen LogP contribution in [0.4, 0.5) is 8.78 Å². The Hall–Kier alpha value is -2.02. The van der Waals surface area contributed by atoms with E-state index in [1.807, 2.05) is 6.07 Å². The first-order valence-corrected chi connectivity index (χ1v) is 10.1. The Kier molecular flexibility index (Phi) is 7.22. The minimum absolute atomic E-state index is 0.101. The van der Waals surface area contributed by atoms with Crippen LogP contribution in [0.5, 0.6) is 5.75 Å². The molecule has 3 rings (SSSR count). The van der Waals surface area contributed by atoms with E-state index in [-0.39, 0.29) is 12.6 Å². The van der Waals surface area contributed by atoms with Crippen molar-refractivity contribution in [3.63, 3.8) is 0 Å². The second-order valence-corrected chi connectivity index (χ2v) is 7.76. The zero-order chi connectivity index (χ0) is 21.0. The third-order valence-corrected chi connectivity index (χ3v) is 6.02. The summed E-state index contributed by atoms with van der Waals surface area (Å²) in [4.78, 5) is 4.52. The predicted molar refractivity (Wildman–Crippen MR) is 110 cm³/mol. The minimum atomic E-state index is -0.807. The van der Waals surface area contributed by atoms with Crippen LogP contribution in [0, 0.1) is 25.5 Å². The molecule has 1 N–H and O–H groups in total. The van der Waals surface area contributed by atoms with E-state index < -0.39 is 11.6 Å². The van der Waals surface area contributed by atoms with Gasteiger partial charge in [-0.2, -0.15) is 0 Å². The number of ether oxygens (including phenoxy) is 1. The number of halogens is 2. The molecule has 1 saturated heterocycles. The van der Waals surface area contributed by atoms with E-state index in [1.54, 1.807) is 19.2 Å². The van der Waals surface area contributed by atoms with Crippen molar-refractivity contribution in [2.24, 2.45) is 0 Å². The SMILES string of the molecule is COc1ccc(CN2CCN(Cc3cccc(F)c3F)CC2CCO)c(C)c1C. The van der Waals surface area contributed by atoms with Crippen LogP contribution in [-0.2, 0) is 13.1 Å². The van der Waals surface area contributed by atoms with Crippen molar-refractivity contribution in [2.75, 3.05) is 33.4 Å². The maximum absolute atomic E-state index is 14.0. The van der Waals surface area contributed by atoms with Crippen molar-refractivity contribution in [1.82, 2.24) is 9.80 Å².